The highest BCUT2D eigenvalue weighted by Crippen LogP contribution is 2.15. The number of hydrogen-bond acceptors (Lipinski definition) is 4. The van der Waals surface area contributed by atoms with Gasteiger partial charge in [0.05, 0.1) is 12.7 Å². The molecule has 2 N–H and O–H groups in total. The second kappa shape index (κ2) is 6.54. The molecule has 100 valence electrons. The van der Waals surface area contributed by atoms with Gasteiger partial charge < -0.3 is 15.1 Å². The second-order valence-corrected chi connectivity index (χ2v) is 4.75. The molecule has 0 spiro atoms. The van der Waals surface area contributed by atoms with E-state index in [9.17, 15) is 4.79 Å². The summed E-state index contributed by atoms with van der Waals surface area (Å²) in [7, 11) is 0. The summed E-state index contributed by atoms with van der Waals surface area (Å²) < 4.78 is 5.44. The summed E-state index contributed by atoms with van der Waals surface area (Å²) in [5.74, 6) is 2.06. The lowest BCUT2D eigenvalue weighted by atomic mass is 9.94. The van der Waals surface area contributed by atoms with Gasteiger partial charge >= 0.3 is 0 Å². The van der Waals surface area contributed by atoms with Gasteiger partial charge in [0.15, 0.2) is 0 Å². The van der Waals surface area contributed by atoms with E-state index < -0.39 is 0 Å². The number of carbonyl (C=O) groups is 1. The van der Waals surface area contributed by atoms with Crippen LogP contribution in [0.3, 0.4) is 0 Å². The van der Waals surface area contributed by atoms with Crippen LogP contribution in [0.2, 0.25) is 0 Å². The minimum absolute atomic E-state index is 0.0955. The monoisotopic (exact) mass is 251 g/mol. The zero-order valence-corrected chi connectivity index (χ0v) is 10.9. The predicted octanol–water partition coefficient (Wildman–Crippen LogP) is 1.24. The highest BCUT2D eigenvalue weighted by molar-refractivity contribution is 5.76. The Balaban J connectivity index is 1.70. The van der Waals surface area contributed by atoms with Crippen LogP contribution in [-0.4, -0.2) is 24.0 Å². The molecule has 1 aromatic rings. The van der Waals surface area contributed by atoms with E-state index in [0.717, 1.165) is 38.1 Å². The fraction of sp³-hybridized carbons (Fsp3) is 0.692. The summed E-state index contributed by atoms with van der Waals surface area (Å²) in [5, 5.41) is 6.17. The van der Waals surface area contributed by atoms with Crippen molar-refractivity contribution < 1.29 is 9.21 Å². The van der Waals surface area contributed by atoms with Gasteiger partial charge in [0.25, 0.3) is 0 Å². The quantitative estimate of drug-likeness (QED) is 0.826. The highest BCUT2D eigenvalue weighted by atomic mass is 16.4. The van der Waals surface area contributed by atoms with Crippen LogP contribution < -0.4 is 10.6 Å². The first-order valence-electron chi connectivity index (χ1n) is 6.69. The Morgan fingerprint density at radius 1 is 1.56 bits per heavy atom. The molecule has 0 aliphatic carbocycles. The molecule has 0 atom stereocenters. The molecule has 1 aromatic heterocycles. The highest BCUT2D eigenvalue weighted by Gasteiger charge is 2.16. The topological polar surface area (TPSA) is 67.2 Å². The van der Waals surface area contributed by atoms with E-state index in [1.54, 1.807) is 6.20 Å². The molecular formula is C13H21N3O2. The minimum atomic E-state index is 0.0955. The Bertz CT molecular complexity index is 383. The number of aromatic nitrogens is 1. The summed E-state index contributed by atoms with van der Waals surface area (Å²) >= 11 is 0. The third-order valence-electron chi connectivity index (χ3n) is 3.32. The number of nitrogens with one attached hydrogen (secondary N) is 2. The largest absolute Gasteiger partial charge is 0.444 e. The maximum absolute atomic E-state index is 11.8. The lowest BCUT2D eigenvalue weighted by Gasteiger charge is -2.21. The SMILES string of the molecule is CCc1cnc(CNC(=O)CC2CCNCC2)o1. The fourth-order valence-electron chi connectivity index (χ4n) is 2.19. The number of nitrogens with zero attached hydrogens (tertiary/aromatic N) is 1. The maximum atomic E-state index is 11.8. The third-order valence-corrected chi connectivity index (χ3v) is 3.32. The van der Waals surface area contributed by atoms with E-state index in [0.29, 0.717) is 24.8 Å². The summed E-state index contributed by atoms with van der Waals surface area (Å²) in [5.41, 5.74) is 0. The van der Waals surface area contributed by atoms with Crippen LogP contribution in [0, 0.1) is 5.92 Å². The maximum Gasteiger partial charge on any atom is 0.220 e. The first kappa shape index (κ1) is 13.1. The van der Waals surface area contributed by atoms with Crippen molar-refractivity contribution in [2.75, 3.05) is 13.1 Å². The summed E-state index contributed by atoms with van der Waals surface area (Å²) in [6.07, 6.45) is 5.34. The van der Waals surface area contributed by atoms with Crippen LogP contribution in [0.25, 0.3) is 0 Å². The van der Waals surface area contributed by atoms with Gasteiger partial charge in [0.1, 0.15) is 5.76 Å². The van der Waals surface area contributed by atoms with E-state index in [2.05, 4.69) is 15.6 Å². The molecule has 18 heavy (non-hydrogen) atoms. The summed E-state index contributed by atoms with van der Waals surface area (Å²) in [4.78, 5) is 15.9. The van der Waals surface area contributed by atoms with Gasteiger partial charge in [0, 0.05) is 12.8 Å². The van der Waals surface area contributed by atoms with Crippen molar-refractivity contribution in [3.8, 4) is 0 Å². The van der Waals surface area contributed by atoms with Gasteiger partial charge in [-0.15, -0.1) is 0 Å². The minimum Gasteiger partial charge on any atom is -0.444 e. The van der Waals surface area contributed by atoms with E-state index in [4.69, 9.17) is 4.42 Å². The Morgan fingerprint density at radius 3 is 3.00 bits per heavy atom. The summed E-state index contributed by atoms with van der Waals surface area (Å²) in [6, 6.07) is 0. The lowest BCUT2D eigenvalue weighted by molar-refractivity contribution is -0.122. The lowest BCUT2D eigenvalue weighted by Crippen LogP contribution is -2.32. The van der Waals surface area contributed by atoms with Gasteiger partial charge in [-0.2, -0.15) is 0 Å². The van der Waals surface area contributed by atoms with Gasteiger partial charge in [-0.1, -0.05) is 6.92 Å². The molecule has 0 unspecified atom stereocenters. The molecule has 1 saturated heterocycles. The van der Waals surface area contributed by atoms with E-state index >= 15 is 0 Å². The first-order valence-corrected chi connectivity index (χ1v) is 6.69. The van der Waals surface area contributed by atoms with Crippen molar-refractivity contribution in [3.05, 3.63) is 17.8 Å². The molecule has 1 aliphatic rings. The molecule has 1 amide bonds. The normalized spacial score (nSPS) is 16.7. The van der Waals surface area contributed by atoms with Crippen LogP contribution in [0.4, 0.5) is 0 Å². The van der Waals surface area contributed by atoms with Crippen LogP contribution in [-0.2, 0) is 17.8 Å². The van der Waals surface area contributed by atoms with Crippen molar-refractivity contribution in [2.24, 2.45) is 5.92 Å². The molecule has 0 radical (unpaired) electrons. The van der Waals surface area contributed by atoms with Gasteiger partial charge in [-0.05, 0) is 31.8 Å². The van der Waals surface area contributed by atoms with E-state index in [1.807, 2.05) is 6.92 Å². The van der Waals surface area contributed by atoms with Gasteiger partial charge in [0.2, 0.25) is 11.8 Å². The molecule has 0 bridgehead atoms. The molecule has 5 nitrogen and oxygen atoms in total. The van der Waals surface area contributed by atoms with Crippen LogP contribution in [0.15, 0.2) is 10.6 Å². The Labute approximate surface area is 107 Å². The number of piperidine rings is 1. The van der Waals surface area contributed by atoms with Crippen molar-refractivity contribution in [1.82, 2.24) is 15.6 Å². The molecule has 1 fully saturated rings. The molecular weight excluding hydrogens is 230 g/mol. The fourth-order valence-corrected chi connectivity index (χ4v) is 2.19. The van der Waals surface area contributed by atoms with Crippen LogP contribution in [0.1, 0.15) is 37.8 Å². The Morgan fingerprint density at radius 2 is 2.33 bits per heavy atom. The molecule has 5 heteroatoms. The number of carbonyl (C=O) groups excluding carboxylic acids is 1. The number of aryl methyl sites for hydroxylation is 1. The van der Waals surface area contributed by atoms with Crippen molar-refractivity contribution in [3.63, 3.8) is 0 Å². The van der Waals surface area contributed by atoms with Crippen molar-refractivity contribution >= 4 is 5.91 Å². The average Bonchev–Trinajstić information content (AvgIpc) is 2.85. The summed E-state index contributed by atoms with van der Waals surface area (Å²) in [6.45, 7) is 4.46. The standard InChI is InChI=1S/C13H21N3O2/c1-2-11-8-16-13(18-11)9-15-12(17)7-10-3-5-14-6-4-10/h8,10,14H,2-7,9H2,1H3,(H,15,17). The van der Waals surface area contributed by atoms with Crippen LogP contribution >= 0.6 is 0 Å². The molecule has 0 saturated carbocycles. The van der Waals surface area contributed by atoms with Gasteiger partial charge in [-0.25, -0.2) is 4.98 Å². The van der Waals surface area contributed by atoms with Crippen molar-refractivity contribution in [2.45, 2.75) is 39.2 Å². The Kier molecular flexibility index (Phi) is 4.75. The predicted molar refractivity (Wildman–Crippen MR) is 67.9 cm³/mol. The number of rotatable bonds is 5. The number of oxazole rings is 1. The van der Waals surface area contributed by atoms with Crippen LogP contribution in [0.5, 0.6) is 0 Å². The molecule has 1 aliphatic heterocycles. The second-order valence-electron chi connectivity index (χ2n) is 4.75. The average molecular weight is 251 g/mol. The molecule has 2 heterocycles. The Hall–Kier alpha value is -1.36. The number of amides is 1. The third kappa shape index (κ3) is 3.84. The molecule has 0 aromatic carbocycles. The van der Waals surface area contributed by atoms with E-state index in [1.165, 1.54) is 0 Å². The number of hydrogen-bond donors (Lipinski definition) is 2. The van der Waals surface area contributed by atoms with Crippen molar-refractivity contribution in [1.29, 1.82) is 0 Å². The first-order chi connectivity index (χ1) is 8.78. The zero-order chi connectivity index (χ0) is 12.8. The zero-order valence-electron chi connectivity index (χ0n) is 10.9. The molecule has 2 rings (SSSR count). The van der Waals surface area contributed by atoms with Gasteiger partial charge in [-0.3, -0.25) is 4.79 Å². The van der Waals surface area contributed by atoms with E-state index in [-0.39, 0.29) is 5.91 Å². The smallest absolute Gasteiger partial charge is 0.220 e.